The standard InChI is InChI=1S/C10H12BrN3O/c1-12-4-8-2-3-15-10(8)7-14-6-9(11)5-13-14/h2-3,5-6,12H,4,7H2,1H3. The first-order valence-corrected chi connectivity index (χ1v) is 5.46. The number of hydrogen-bond donors (Lipinski definition) is 1. The van der Waals surface area contributed by atoms with Crippen LogP contribution < -0.4 is 5.32 Å². The van der Waals surface area contributed by atoms with Crippen LogP contribution in [-0.2, 0) is 13.1 Å². The average molecular weight is 270 g/mol. The van der Waals surface area contributed by atoms with E-state index in [1.165, 1.54) is 5.56 Å². The molecule has 15 heavy (non-hydrogen) atoms. The van der Waals surface area contributed by atoms with Crippen molar-refractivity contribution in [2.45, 2.75) is 13.1 Å². The highest BCUT2D eigenvalue weighted by atomic mass is 79.9. The van der Waals surface area contributed by atoms with E-state index in [0.717, 1.165) is 16.8 Å². The Morgan fingerprint density at radius 1 is 1.60 bits per heavy atom. The molecular formula is C10H12BrN3O. The van der Waals surface area contributed by atoms with Gasteiger partial charge >= 0.3 is 0 Å². The summed E-state index contributed by atoms with van der Waals surface area (Å²) < 4.78 is 8.23. The summed E-state index contributed by atoms with van der Waals surface area (Å²) in [6.07, 6.45) is 5.40. The van der Waals surface area contributed by atoms with Crippen LogP contribution in [0, 0.1) is 0 Å². The lowest BCUT2D eigenvalue weighted by Gasteiger charge is -2.01. The van der Waals surface area contributed by atoms with E-state index in [9.17, 15) is 0 Å². The predicted octanol–water partition coefficient (Wildman–Crippen LogP) is 2.01. The summed E-state index contributed by atoms with van der Waals surface area (Å²) in [5, 5.41) is 7.28. The molecule has 0 aliphatic heterocycles. The van der Waals surface area contributed by atoms with Gasteiger partial charge in [-0.25, -0.2) is 0 Å². The lowest BCUT2D eigenvalue weighted by Crippen LogP contribution is -2.08. The van der Waals surface area contributed by atoms with Gasteiger partial charge in [0.15, 0.2) is 0 Å². The van der Waals surface area contributed by atoms with Crippen molar-refractivity contribution in [2.75, 3.05) is 7.05 Å². The van der Waals surface area contributed by atoms with E-state index in [1.807, 2.05) is 24.0 Å². The van der Waals surface area contributed by atoms with E-state index < -0.39 is 0 Å². The van der Waals surface area contributed by atoms with Crippen LogP contribution in [0.25, 0.3) is 0 Å². The molecule has 0 amide bonds. The minimum Gasteiger partial charge on any atom is -0.467 e. The number of nitrogens with zero attached hydrogens (tertiary/aromatic N) is 2. The molecule has 2 aromatic heterocycles. The first kappa shape index (κ1) is 10.4. The fraction of sp³-hybridized carbons (Fsp3) is 0.300. The van der Waals surface area contributed by atoms with Gasteiger partial charge < -0.3 is 9.73 Å². The summed E-state index contributed by atoms with van der Waals surface area (Å²) >= 11 is 3.36. The van der Waals surface area contributed by atoms with Crippen LogP contribution in [0.2, 0.25) is 0 Å². The lowest BCUT2D eigenvalue weighted by molar-refractivity contribution is 0.473. The van der Waals surface area contributed by atoms with E-state index in [4.69, 9.17) is 4.42 Å². The Morgan fingerprint density at radius 3 is 3.13 bits per heavy atom. The number of rotatable bonds is 4. The van der Waals surface area contributed by atoms with Crippen molar-refractivity contribution < 1.29 is 4.42 Å². The first-order chi connectivity index (χ1) is 7.29. The highest BCUT2D eigenvalue weighted by molar-refractivity contribution is 9.10. The molecule has 0 aliphatic carbocycles. The van der Waals surface area contributed by atoms with Gasteiger partial charge in [0.1, 0.15) is 5.76 Å². The molecule has 0 atom stereocenters. The van der Waals surface area contributed by atoms with Crippen LogP contribution in [-0.4, -0.2) is 16.8 Å². The van der Waals surface area contributed by atoms with E-state index in [0.29, 0.717) is 6.54 Å². The van der Waals surface area contributed by atoms with Crippen LogP contribution >= 0.6 is 15.9 Å². The Hall–Kier alpha value is -1.07. The maximum atomic E-state index is 5.41. The van der Waals surface area contributed by atoms with Crippen molar-refractivity contribution in [1.82, 2.24) is 15.1 Å². The molecule has 0 saturated heterocycles. The first-order valence-electron chi connectivity index (χ1n) is 4.67. The zero-order valence-electron chi connectivity index (χ0n) is 8.40. The van der Waals surface area contributed by atoms with Gasteiger partial charge in [-0.1, -0.05) is 0 Å². The summed E-state index contributed by atoms with van der Waals surface area (Å²) in [5.41, 5.74) is 1.17. The molecule has 0 unspecified atom stereocenters. The minimum atomic E-state index is 0.662. The summed E-state index contributed by atoms with van der Waals surface area (Å²) in [6, 6.07) is 1.98. The Bertz CT molecular complexity index is 435. The monoisotopic (exact) mass is 269 g/mol. The second-order valence-corrected chi connectivity index (χ2v) is 4.17. The quantitative estimate of drug-likeness (QED) is 0.924. The fourth-order valence-electron chi connectivity index (χ4n) is 1.43. The van der Waals surface area contributed by atoms with Crippen molar-refractivity contribution in [1.29, 1.82) is 0 Å². The van der Waals surface area contributed by atoms with Crippen LogP contribution in [0.15, 0.2) is 33.6 Å². The van der Waals surface area contributed by atoms with Crippen LogP contribution in [0.5, 0.6) is 0 Å². The third-order valence-corrected chi connectivity index (χ3v) is 2.52. The van der Waals surface area contributed by atoms with E-state index in [-0.39, 0.29) is 0 Å². The Balaban J connectivity index is 2.13. The van der Waals surface area contributed by atoms with Crippen LogP contribution in [0.1, 0.15) is 11.3 Å². The van der Waals surface area contributed by atoms with Crippen LogP contribution in [0.4, 0.5) is 0 Å². The molecule has 0 aromatic carbocycles. The zero-order chi connectivity index (χ0) is 10.7. The number of hydrogen-bond acceptors (Lipinski definition) is 3. The highest BCUT2D eigenvalue weighted by Gasteiger charge is 2.06. The molecule has 2 rings (SSSR count). The largest absolute Gasteiger partial charge is 0.467 e. The number of nitrogens with one attached hydrogen (secondary N) is 1. The molecule has 1 N–H and O–H groups in total. The van der Waals surface area contributed by atoms with Gasteiger partial charge in [-0.3, -0.25) is 4.68 Å². The van der Waals surface area contributed by atoms with Gasteiger partial charge in [0.2, 0.25) is 0 Å². The van der Waals surface area contributed by atoms with Gasteiger partial charge in [-0.2, -0.15) is 5.10 Å². The normalized spacial score (nSPS) is 10.8. The van der Waals surface area contributed by atoms with Gasteiger partial charge in [0.25, 0.3) is 0 Å². The molecule has 5 heteroatoms. The second kappa shape index (κ2) is 4.63. The maximum Gasteiger partial charge on any atom is 0.129 e. The van der Waals surface area contributed by atoms with Crippen molar-refractivity contribution in [3.8, 4) is 0 Å². The van der Waals surface area contributed by atoms with Gasteiger partial charge in [0.05, 0.1) is 23.5 Å². The second-order valence-electron chi connectivity index (χ2n) is 3.26. The molecule has 2 aromatic rings. The third kappa shape index (κ3) is 2.49. The Morgan fingerprint density at radius 2 is 2.47 bits per heavy atom. The maximum absolute atomic E-state index is 5.41. The topological polar surface area (TPSA) is 43.0 Å². The summed E-state index contributed by atoms with van der Waals surface area (Å²) in [5.74, 6) is 0.944. The summed E-state index contributed by atoms with van der Waals surface area (Å²) in [7, 11) is 1.92. The molecular weight excluding hydrogens is 258 g/mol. The molecule has 0 aliphatic rings. The number of halogens is 1. The molecule has 0 radical (unpaired) electrons. The van der Waals surface area contributed by atoms with Gasteiger partial charge in [-0.15, -0.1) is 0 Å². The molecule has 0 spiro atoms. The molecule has 0 saturated carbocycles. The lowest BCUT2D eigenvalue weighted by atomic mass is 10.2. The molecule has 80 valence electrons. The van der Waals surface area contributed by atoms with E-state index in [2.05, 4.69) is 26.3 Å². The predicted molar refractivity (Wildman–Crippen MR) is 60.5 cm³/mol. The SMILES string of the molecule is CNCc1ccoc1Cn1cc(Br)cn1. The summed E-state index contributed by atoms with van der Waals surface area (Å²) in [6.45, 7) is 1.48. The van der Waals surface area contributed by atoms with Crippen molar-refractivity contribution in [3.63, 3.8) is 0 Å². The minimum absolute atomic E-state index is 0.662. The molecule has 0 bridgehead atoms. The van der Waals surface area contributed by atoms with E-state index >= 15 is 0 Å². The molecule has 4 nitrogen and oxygen atoms in total. The number of furan rings is 1. The average Bonchev–Trinajstić information content (AvgIpc) is 2.78. The smallest absolute Gasteiger partial charge is 0.129 e. The Kier molecular flexibility index (Phi) is 3.23. The van der Waals surface area contributed by atoms with E-state index in [1.54, 1.807) is 12.5 Å². The van der Waals surface area contributed by atoms with Gasteiger partial charge in [-0.05, 0) is 29.0 Å². The van der Waals surface area contributed by atoms with Crippen LogP contribution in [0.3, 0.4) is 0 Å². The zero-order valence-corrected chi connectivity index (χ0v) is 9.99. The fourth-order valence-corrected chi connectivity index (χ4v) is 1.75. The van der Waals surface area contributed by atoms with Crippen molar-refractivity contribution in [2.24, 2.45) is 0 Å². The number of aromatic nitrogens is 2. The Labute approximate surface area is 96.4 Å². The van der Waals surface area contributed by atoms with Gasteiger partial charge in [0, 0.05) is 18.3 Å². The highest BCUT2D eigenvalue weighted by Crippen LogP contribution is 2.13. The molecule has 0 fully saturated rings. The van der Waals surface area contributed by atoms with Crippen molar-refractivity contribution >= 4 is 15.9 Å². The van der Waals surface area contributed by atoms with Crippen molar-refractivity contribution in [3.05, 3.63) is 40.5 Å². The molecule has 2 heterocycles. The third-order valence-electron chi connectivity index (χ3n) is 2.11. The summed E-state index contributed by atoms with van der Waals surface area (Å²) in [4.78, 5) is 0.